The molecule has 0 saturated heterocycles. The van der Waals surface area contributed by atoms with Gasteiger partial charge in [0.1, 0.15) is 5.82 Å². The number of nitrogens with one attached hydrogen (secondary N) is 1. The van der Waals surface area contributed by atoms with E-state index >= 15 is 0 Å². The zero-order chi connectivity index (χ0) is 12.3. The van der Waals surface area contributed by atoms with Gasteiger partial charge in [-0.2, -0.15) is 5.10 Å². The van der Waals surface area contributed by atoms with E-state index in [1.165, 1.54) is 0 Å². The van der Waals surface area contributed by atoms with Gasteiger partial charge in [-0.15, -0.1) is 0 Å². The smallest absolute Gasteiger partial charge is 0.263 e. The molecule has 0 unspecified atom stereocenters. The molecule has 0 amide bonds. The van der Waals surface area contributed by atoms with Crippen molar-refractivity contribution in [1.82, 2.24) is 9.78 Å². The highest BCUT2D eigenvalue weighted by Gasteiger charge is 2.15. The lowest BCUT2D eigenvalue weighted by Gasteiger charge is -2.08. The Morgan fingerprint density at radius 2 is 1.94 bits per heavy atom. The predicted octanol–water partition coefficient (Wildman–Crippen LogP) is 1.70. The minimum Gasteiger partial charge on any atom is -0.264 e. The number of nitrogens with zero attached hydrogens (tertiary/aromatic N) is 2. The van der Waals surface area contributed by atoms with Gasteiger partial charge in [-0.3, -0.25) is 4.72 Å². The van der Waals surface area contributed by atoms with Gasteiger partial charge < -0.3 is 0 Å². The summed E-state index contributed by atoms with van der Waals surface area (Å²) < 4.78 is 28.1. The molecule has 0 radical (unpaired) electrons. The molecule has 1 heterocycles. The van der Waals surface area contributed by atoms with Crippen molar-refractivity contribution in [2.45, 2.75) is 18.4 Å². The molecule has 2 rings (SSSR count). The van der Waals surface area contributed by atoms with Crippen LogP contribution >= 0.6 is 0 Å². The molecule has 0 atom stereocenters. The number of sulfonamides is 1. The van der Waals surface area contributed by atoms with Gasteiger partial charge in [-0.05, 0) is 19.1 Å². The molecule has 0 aliphatic rings. The number of hydrogen-bond acceptors (Lipinski definition) is 3. The van der Waals surface area contributed by atoms with E-state index in [4.69, 9.17) is 0 Å². The summed E-state index contributed by atoms with van der Waals surface area (Å²) in [6.45, 7) is 2.51. The summed E-state index contributed by atoms with van der Waals surface area (Å²) in [6, 6.07) is 9.88. The summed E-state index contributed by atoms with van der Waals surface area (Å²) in [5.41, 5.74) is 0. The second-order valence-electron chi connectivity index (χ2n) is 3.45. The van der Waals surface area contributed by atoms with E-state index in [2.05, 4.69) is 9.82 Å². The zero-order valence-electron chi connectivity index (χ0n) is 9.37. The summed E-state index contributed by atoms with van der Waals surface area (Å²) >= 11 is 0. The first kappa shape index (κ1) is 11.7. The summed E-state index contributed by atoms with van der Waals surface area (Å²) in [6.07, 6.45) is 1.56. The molecule has 1 N–H and O–H groups in total. The number of anilines is 1. The molecule has 17 heavy (non-hydrogen) atoms. The monoisotopic (exact) mass is 251 g/mol. The molecule has 5 nitrogen and oxygen atoms in total. The summed E-state index contributed by atoms with van der Waals surface area (Å²) in [5.74, 6) is 0.469. The Labute approximate surface area is 100 Å². The summed E-state index contributed by atoms with van der Waals surface area (Å²) in [5, 5.41) is 4.00. The molecule has 1 aromatic carbocycles. The van der Waals surface area contributed by atoms with Crippen LogP contribution in [0.5, 0.6) is 0 Å². The van der Waals surface area contributed by atoms with Crippen molar-refractivity contribution in [1.29, 1.82) is 0 Å². The number of hydrogen-bond donors (Lipinski definition) is 1. The second-order valence-corrected chi connectivity index (χ2v) is 5.13. The Morgan fingerprint density at radius 1 is 1.24 bits per heavy atom. The highest BCUT2D eigenvalue weighted by Crippen LogP contribution is 2.14. The zero-order valence-corrected chi connectivity index (χ0v) is 10.2. The van der Waals surface area contributed by atoms with Crippen molar-refractivity contribution in [3.63, 3.8) is 0 Å². The molecule has 0 saturated carbocycles. The normalized spacial score (nSPS) is 11.4. The number of aryl methyl sites for hydroxylation is 1. The van der Waals surface area contributed by atoms with Gasteiger partial charge in [0.15, 0.2) is 0 Å². The van der Waals surface area contributed by atoms with Gasteiger partial charge in [0.2, 0.25) is 0 Å². The third-order valence-electron chi connectivity index (χ3n) is 2.31. The molecule has 0 aliphatic carbocycles. The van der Waals surface area contributed by atoms with Crippen molar-refractivity contribution < 1.29 is 8.42 Å². The van der Waals surface area contributed by atoms with Gasteiger partial charge in [0, 0.05) is 12.6 Å². The predicted molar refractivity (Wildman–Crippen MR) is 65.2 cm³/mol. The maximum atomic E-state index is 12.0. The van der Waals surface area contributed by atoms with Gasteiger partial charge >= 0.3 is 0 Å². The topological polar surface area (TPSA) is 64.0 Å². The molecule has 1 aromatic heterocycles. The van der Waals surface area contributed by atoms with Crippen molar-refractivity contribution in [3.05, 3.63) is 42.6 Å². The van der Waals surface area contributed by atoms with Crippen molar-refractivity contribution in [3.8, 4) is 0 Å². The van der Waals surface area contributed by atoms with Crippen molar-refractivity contribution in [2.75, 3.05) is 4.72 Å². The Kier molecular flexibility index (Phi) is 3.14. The van der Waals surface area contributed by atoms with Gasteiger partial charge in [-0.25, -0.2) is 13.1 Å². The third kappa shape index (κ3) is 2.47. The number of benzene rings is 1. The lowest BCUT2D eigenvalue weighted by molar-refractivity contribution is 0.599. The molecule has 0 spiro atoms. The lowest BCUT2D eigenvalue weighted by atomic mass is 10.4. The van der Waals surface area contributed by atoms with E-state index in [1.54, 1.807) is 47.3 Å². The maximum absolute atomic E-state index is 12.0. The van der Waals surface area contributed by atoms with E-state index in [0.717, 1.165) is 0 Å². The quantitative estimate of drug-likeness (QED) is 0.899. The van der Waals surface area contributed by atoms with Crippen LogP contribution < -0.4 is 4.72 Å². The molecule has 0 aliphatic heterocycles. The number of aromatic nitrogens is 2. The molecular weight excluding hydrogens is 238 g/mol. The summed E-state index contributed by atoms with van der Waals surface area (Å²) in [7, 11) is -3.53. The van der Waals surface area contributed by atoms with Crippen LogP contribution in [0, 0.1) is 0 Å². The average Bonchev–Trinajstić information content (AvgIpc) is 2.77. The average molecular weight is 251 g/mol. The highest BCUT2D eigenvalue weighted by molar-refractivity contribution is 7.92. The first-order valence-corrected chi connectivity index (χ1v) is 6.71. The van der Waals surface area contributed by atoms with E-state index < -0.39 is 10.0 Å². The first-order valence-electron chi connectivity index (χ1n) is 5.23. The fourth-order valence-corrected chi connectivity index (χ4v) is 2.55. The van der Waals surface area contributed by atoms with Crippen LogP contribution in [0.15, 0.2) is 47.5 Å². The number of rotatable bonds is 4. The van der Waals surface area contributed by atoms with Crippen LogP contribution in [0.3, 0.4) is 0 Å². The Morgan fingerprint density at radius 3 is 2.59 bits per heavy atom. The Balaban J connectivity index is 2.30. The van der Waals surface area contributed by atoms with Gasteiger partial charge in [0.05, 0.1) is 11.1 Å². The maximum Gasteiger partial charge on any atom is 0.263 e. The van der Waals surface area contributed by atoms with Gasteiger partial charge in [-0.1, -0.05) is 18.2 Å². The SMILES string of the molecule is CCn1nccc1NS(=O)(=O)c1ccccc1. The fourth-order valence-electron chi connectivity index (χ4n) is 1.47. The largest absolute Gasteiger partial charge is 0.264 e. The molecule has 6 heteroatoms. The van der Waals surface area contributed by atoms with Crippen LogP contribution in [-0.2, 0) is 16.6 Å². The molecule has 0 fully saturated rings. The molecule has 90 valence electrons. The third-order valence-corrected chi connectivity index (χ3v) is 3.68. The molecule has 0 bridgehead atoms. The minimum atomic E-state index is -3.53. The van der Waals surface area contributed by atoms with E-state index in [1.807, 2.05) is 6.92 Å². The Bertz CT molecular complexity index is 590. The van der Waals surface area contributed by atoms with Crippen molar-refractivity contribution in [2.24, 2.45) is 0 Å². The Hall–Kier alpha value is -1.82. The van der Waals surface area contributed by atoms with Crippen LogP contribution in [0.4, 0.5) is 5.82 Å². The minimum absolute atomic E-state index is 0.240. The second kappa shape index (κ2) is 4.58. The first-order chi connectivity index (χ1) is 8.13. The van der Waals surface area contributed by atoms with E-state index in [9.17, 15) is 8.42 Å². The van der Waals surface area contributed by atoms with E-state index in [-0.39, 0.29) is 4.90 Å². The lowest BCUT2D eigenvalue weighted by Crippen LogP contribution is -2.16. The van der Waals surface area contributed by atoms with Crippen LogP contribution in [0.2, 0.25) is 0 Å². The molecular formula is C11H13N3O2S. The van der Waals surface area contributed by atoms with Crippen molar-refractivity contribution >= 4 is 15.8 Å². The van der Waals surface area contributed by atoms with Crippen LogP contribution in [0.25, 0.3) is 0 Å². The molecule has 2 aromatic rings. The van der Waals surface area contributed by atoms with E-state index in [0.29, 0.717) is 12.4 Å². The highest BCUT2D eigenvalue weighted by atomic mass is 32.2. The fraction of sp³-hybridized carbons (Fsp3) is 0.182. The summed E-state index contributed by atoms with van der Waals surface area (Å²) in [4.78, 5) is 0.240. The van der Waals surface area contributed by atoms with Crippen LogP contribution in [0.1, 0.15) is 6.92 Å². The van der Waals surface area contributed by atoms with Gasteiger partial charge in [0.25, 0.3) is 10.0 Å². The standard InChI is InChI=1S/C11H13N3O2S/c1-2-14-11(8-9-12-14)13-17(15,16)10-6-4-3-5-7-10/h3-9,13H,2H2,1H3. The van der Waals surface area contributed by atoms with Crippen LogP contribution in [-0.4, -0.2) is 18.2 Å².